The highest BCUT2D eigenvalue weighted by molar-refractivity contribution is 7.93. The van der Waals surface area contributed by atoms with Crippen molar-refractivity contribution in [1.29, 1.82) is 0 Å². The minimum Gasteiger partial charge on any atom is -0.293 e. The predicted octanol–water partition coefficient (Wildman–Crippen LogP) is 6.27. The molecule has 0 saturated heterocycles. The Labute approximate surface area is 186 Å². The molecule has 3 aromatic rings. The summed E-state index contributed by atoms with van der Waals surface area (Å²) < 4.78 is 27.5. The Kier molecular flexibility index (Phi) is 6.97. The average molecular weight is 432 g/mol. The van der Waals surface area contributed by atoms with Gasteiger partial charge in [0.25, 0.3) is 9.84 Å². The minimum absolute atomic E-state index is 0.224. The van der Waals surface area contributed by atoms with Crippen LogP contribution >= 0.6 is 0 Å². The topological polar surface area (TPSA) is 38.5 Å². The molecule has 0 amide bonds. The van der Waals surface area contributed by atoms with Gasteiger partial charge in [0.2, 0.25) is 0 Å². The van der Waals surface area contributed by atoms with E-state index in [1.807, 2.05) is 69.3 Å². The summed E-state index contributed by atoms with van der Waals surface area (Å²) >= 11 is 0. The molecule has 4 heteroatoms. The molecule has 0 aromatic heterocycles. The van der Waals surface area contributed by atoms with Gasteiger partial charge in [-0.25, -0.2) is 15.0 Å². The lowest BCUT2D eigenvalue weighted by molar-refractivity contribution is 0.508. The second-order valence-corrected chi connectivity index (χ2v) is 10.6. The Morgan fingerprint density at radius 3 is 1.39 bits per heavy atom. The summed E-state index contributed by atoms with van der Waals surface area (Å²) in [6, 6.07) is 23.0. The van der Waals surface area contributed by atoms with Gasteiger partial charge in [-0.2, -0.15) is 0 Å². The van der Waals surface area contributed by atoms with E-state index in [1.54, 1.807) is 24.3 Å². The van der Waals surface area contributed by atoms with E-state index >= 15 is 0 Å². The largest absolute Gasteiger partial charge is 0.334 e. The highest BCUT2D eigenvalue weighted by atomic mass is 32.2. The molecule has 0 unspecified atom stereocenters. The van der Waals surface area contributed by atoms with E-state index < -0.39 is 14.7 Å². The number of benzene rings is 3. The number of nitrogens with zero attached hydrogens (tertiary/aromatic N) is 1. The number of hydrogen-bond acceptors (Lipinski definition) is 2. The molecule has 0 saturated carbocycles. The lowest BCUT2D eigenvalue weighted by Crippen LogP contribution is -2.36. The van der Waals surface area contributed by atoms with Crippen LogP contribution < -0.4 is 0 Å². The van der Waals surface area contributed by atoms with Crippen molar-refractivity contribution in [3.8, 4) is 0 Å². The molecule has 0 aliphatic carbocycles. The molecular formula is C27H29NO2S. The molecule has 0 N–H and O–H groups in total. The third kappa shape index (κ3) is 5.24. The van der Waals surface area contributed by atoms with Crippen LogP contribution in [0.15, 0.2) is 77.7 Å². The second kappa shape index (κ2) is 9.49. The van der Waals surface area contributed by atoms with Crippen molar-refractivity contribution >= 4 is 9.84 Å². The number of aryl methyl sites for hydroxylation is 5. The Bertz CT molecular complexity index is 1100. The molecule has 3 aromatic carbocycles. The predicted molar refractivity (Wildman–Crippen MR) is 127 cm³/mol. The number of rotatable bonds is 8. The van der Waals surface area contributed by atoms with E-state index in [4.69, 9.17) is 6.57 Å². The van der Waals surface area contributed by atoms with Crippen molar-refractivity contribution in [2.24, 2.45) is 0 Å². The van der Waals surface area contributed by atoms with Crippen LogP contribution in [0.1, 0.15) is 40.7 Å². The van der Waals surface area contributed by atoms with Gasteiger partial charge < -0.3 is 0 Å². The van der Waals surface area contributed by atoms with Crippen LogP contribution in [0, 0.1) is 27.3 Å². The molecule has 0 heterocycles. The van der Waals surface area contributed by atoms with Crippen LogP contribution in [0.3, 0.4) is 0 Å². The van der Waals surface area contributed by atoms with Crippen LogP contribution in [-0.4, -0.2) is 13.3 Å². The highest BCUT2D eigenvalue weighted by Gasteiger charge is 2.50. The maximum absolute atomic E-state index is 13.7. The minimum atomic E-state index is -3.84. The first-order chi connectivity index (χ1) is 14.8. The lowest BCUT2D eigenvalue weighted by Gasteiger charge is -2.23. The molecule has 160 valence electrons. The van der Waals surface area contributed by atoms with Crippen LogP contribution in [0.2, 0.25) is 0 Å². The zero-order chi connectivity index (χ0) is 22.5. The van der Waals surface area contributed by atoms with Crippen LogP contribution in [0.25, 0.3) is 4.85 Å². The normalized spacial score (nSPS) is 11.8. The van der Waals surface area contributed by atoms with Gasteiger partial charge in [-0.3, -0.25) is 4.85 Å². The molecule has 0 aliphatic heterocycles. The number of hydrogen-bond donors (Lipinski definition) is 0. The van der Waals surface area contributed by atoms with Crippen molar-refractivity contribution < 1.29 is 8.42 Å². The monoisotopic (exact) mass is 431 g/mol. The zero-order valence-corrected chi connectivity index (χ0v) is 19.2. The van der Waals surface area contributed by atoms with Crippen molar-refractivity contribution in [3.05, 3.63) is 112 Å². The quantitative estimate of drug-likeness (QED) is 0.394. The van der Waals surface area contributed by atoms with Gasteiger partial charge in [0.1, 0.15) is 0 Å². The molecule has 0 aliphatic rings. The standard InChI is InChI=1S/C27H29NO2S/c1-21-5-11-24(12-6-21)17-19-27(28-4,20-18-25-13-7-22(2)8-14-25)31(29,30)26-15-9-23(3)10-16-26/h5-16H,17-20H2,1-3H3. The smallest absolute Gasteiger partial charge is 0.293 e. The van der Waals surface area contributed by atoms with Gasteiger partial charge in [0.05, 0.1) is 4.90 Å². The van der Waals surface area contributed by atoms with E-state index in [0.717, 1.165) is 27.8 Å². The van der Waals surface area contributed by atoms with E-state index in [2.05, 4.69) is 4.85 Å². The lowest BCUT2D eigenvalue weighted by atomic mass is 9.98. The van der Waals surface area contributed by atoms with Crippen LogP contribution in [0.4, 0.5) is 0 Å². The SMILES string of the molecule is [C-]#[N+]C(CCc1ccc(C)cc1)(CCc1ccc(C)cc1)S(=O)(=O)c1ccc(C)cc1. The first-order valence-corrected chi connectivity index (χ1v) is 12.1. The Morgan fingerprint density at radius 2 is 1.03 bits per heavy atom. The van der Waals surface area contributed by atoms with Gasteiger partial charge in [0, 0.05) is 12.8 Å². The molecule has 0 atom stereocenters. The average Bonchev–Trinajstić information content (AvgIpc) is 2.76. The maximum Gasteiger partial charge on any atom is 0.334 e. The summed E-state index contributed by atoms with van der Waals surface area (Å²) in [6.07, 6.45) is 1.62. The van der Waals surface area contributed by atoms with Crippen molar-refractivity contribution in [3.63, 3.8) is 0 Å². The fourth-order valence-corrected chi connectivity index (χ4v) is 5.49. The fraction of sp³-hybridized carbons (Fsp3) is 0.296. The maximum atomic E-state index is 13.7. The van der Waals surface area contributed by atoms with Crippen molar-refractivity contribution in [2.45, 2.75) is 56.2 Å². The zero-order valence-electron chi connectivity index (χ0n) is 18.4. The third-order valence-electron chi connectivity index (χ3n) is 5.89. The molecular weight excluding hydrogens is 402 g/mol. The Balaban J connectivity index is 1.95. The molecule has 3 nitrogen and oxygen atoms in total. The Hall–Kier alpha value is -2.90. The van der Waals surface area contributed by atoms with E-state index in [9.17, 15) is 8.42 Å². The highest BCUT2D eigenvalue weighted by Crippen LogP contribution is 2.36. The van der Waals surface area contributed by atoms with Crippen LogP contribution in [-0.2, 0) is 22.7 Å². The number of sulfone groups is 1. The molecule has 0 radical (unpaired) electrons. The first kappa shape index (κ1) is 22.8. The van der Waals surface area contributed by atoms with E-state index in [-0.39, 0.29) is 17.7 Å². The van der Waals surface area contributed by atoms with E-state index in [1.165, 1.54) is 0 Å². The second-order valence-electron chi connectivity index (χ2n) is 8.35. The van der Waals surface area contributed by atoms with Crippen molar-refractivity contribution in [2.75, 3.05) is 0 Å². The summed E-state index contributed by atoms with van der Waals surface area (Å²) in [6.45, 7) is 14.0. The molecule has 3 rings (SSSR count). The summed E-state index contributed by atoms with van der Waals surface area (Å²) in [5.74, 6) is 0. The summed E-state index contributed by atoms with van der Waals surface area (Å²) in [7, 11) is -3.84. The van der Waals surface area contributed by atoms with Gasteiger partial charge in [-0.1, -0.05) is 77.4 Å². The van der Waals surface area contributed by atoms with Crippen LogP contribution in [0.5, 0.6) is 0 Å². The van der Waals surface area contributed by atoms with Gasteiger partial charge >= 0.3 is 4.87 Å². The molecule has 0 fully saturated rings. The first-order valence-electron chi connectivity index (χ1n) is 10.6. The molecule has 31 heavy (non-hydrogen) atoms. The van der Waals surface area contributed by atoms with Gasteiger partial charge in [-0.05, 0) is 56.9 Å². The van der Waals surface area contributed by atoms with Crippen molar-refractivity contribution in [1.82, 2.24) is 0 Å². The summed E-state index contributed by atoms with van der Waals surface area (Å²) in [5.41, 5.74) is 5.41. The van der Waals surface area contributed by atoms with Gasteiger partial charge in [-0.15, -0.1) is 0 Å². The third-order valence-corrected chi connectivity index (χ3v) is 8.28. The Morgan fingerprint density at radius 1 is 0.677 bits per heavy atom. The molecule has 0 bridgehead atoms. The van der Waals surface area contributed by atoms with E-state index in [0.29, 0.717) is 12.8 Å². The summed E-state index contributed by atoms with van der Waals surface area (Å²) in [5, 5.41) is 0. The summed E-state index contributed by atoms with van der Waals surface area (Å²) in [4.78, 5) is 2.54. The molecule has 0 spiro atoms. The van der Waals surface area contributed by atoms with Gasteiger partial charge in [0.15, 0.2) is 0 Å². The fourth-order valence-electron chi connectivity index (χ4n) is 3.69.